The Morgan fingerprint density at radius 1 is 1.04 bits per heavy atom. The van der Waals surface area contributed by atoms with E-state index in [0.717, 1.165) is 12.3 Å². The van der Waals surface area contributed by atoms with Crippen molar-refractivity contribution in [3.05, 3.63) is 48.0 Å². The van der Waals surface area contributed by atoms with Gasteiger partial charge in [0.25, 0.3) is 0 Å². The average molecular weight is 369 g/mol. The summed E-state index contributed by atoms with van der Waals surface area (Å²) in [6.45, 7) is -6.23. The fourth-order valence-corrected chi connectivity index (χ4v) is 2.07. The number of hydrazone groups is 1. The topological polar surface area (TPSA) is 68.9 Å². The van der Waals surface area contributed by atoms with Crippen molar-refractivity contribution in [2.45, 2.75) is 13.2 Å². The molecule has 0 unspecified atom stereocenters. The molecule has 0 saturated heterocycles. The van der Waals surface area contributed by atoms with E-state index in [-0.39, 0.29) is 23.1 Å². The minimum atomic E-state index is -3.14. The van der Waals surface area contributed by atoms with Crippen LogP contribution in [0, 0.1) is 0 Å². The summed E-state index contributed by atoms with van der Waals surface area (Å²) in [5.41, 5.74) is 3.77. The number of oxazole rings is 1. The highest BCUT2D eigenvalue weighted by atomic mass is 19.3. The zero-order chi connectivity index (χ0) is 18.5. The van der Waals surface area contributed by atoms with Gasteiger partial charge in [-0.05, 0) is 24.3 Å². The third-order valence-corrected chi connectivity index (χ3v) is 3.08. The molecule has 10 heteroatoms. The number of hydrogen-bond acceptors (Lipinski definition) is 6. The number of nitrogens with zero attached hydrogens (tertiary/aromatic N) is 2. The minimum absolute atomic E-state index is 0.0939. The van der Waals surface area contributed by atoms with Crippen molar-refractivity contribution in [3.63, 3.8) is 0 Å². The molecule has 0 fully saturated rings. The quantitative estimate of drug-likeness (QED) is 0.378. The molecule has 0 aliphatic heterocycles. The van der Waals surface area contributed by atoms with Crippen molar-refractivity contribution < 1.29 is 31.5 Å². The van der Waals surface area contributed by atoms with Crippen molar-refractivity contribution in [1.29, 1.82) is 0 Å². The number of rotatable bonds is 7. The summed E-state index contributed by atoms with van der Waals surface area (Å²) in [5, 5.41) is 3.82. The Morgan fingerprint density at radius 3 is 2.54 bits per heavy atom. The smallest absolute Gasteiger partial charge is 0.387 e. The second-order valence-electron chi connectivity index (χ2n) is 4.81. The lowest BCUT2D eigenvalue weighted by Gasteiger charge is -2.10. The van der Waals surface area contributed by atoms with E-state index in [4.69, 9.17) is 4.42 Å². The number of fused-ring (bicyclic) bond motifs is 1. The molecule has 1 aromatic heterocycles. The van der Waals surface area contributed by atoms with Crippen LogP contribution >= 0.6 is 0 Å². The molecular weight excluding hydrogens is 358 g/mol. The van der Waals surface area contributed by atoms with Gasteiger partial charge in [-0.15, -0.1) is 0 Å². The summed E-state index contributed by atoms with van der Waals surface area (Å²) in [6, 6.07) is 10.4. The summed E-state index contributed by atoms with van der Waals surface area (Å²) in [4.78, 5) is 4.12. The monoisotopic (exact) mass is 369 g/mol. The Morgan fingerprint density at radius 2 is 1.81 bits per heavy atom. The van der Waals surface area contributed by atoms with Crippen LogP contribution in [-0.4, -0.2) is 24.4 Å². The number of aromatic nitrogens is 1. The number of benzene rings is 2. The number of para-hydroxylation sites is 2. The lowest BCUT2D eigenvalue weighted by Crippen LogP contribution is -2.07. The van der Waals surface area contributed by atoms with E-state index in [2.05, 4.69) is 25.0 Å². The van der Waals surface area contributed by atoms with Crippen molar-refractivity contribution in [3.8, 4) is 11.5 Å². The van der Waals surface area contributed by atoms with Gasteiger partial charge in [0.1, 0.15) is 17.0 Å². The van der Waals surface area contributed by atoms with Crippen LogP contribution in [0.25, 0.3) is 11.1 Å². The molecule has 0 aliphatic rings. The standard InChI is InChI=1S/C16H11F4N3O3/c17-14(18)24-10-6-5-9(13(7-10)25-15(19)20)8-21-23-16-22-11-3-1-2-4-12(11)26-16/h1-8,14-15H,(H,22,23)/b21-8-. The molecule has 0 aliphatic carbocycles. The molecule has 136 valence electrons. The lowest BCUT2D eigenvalue weighted by atomic mass is 10.2. The maximum Gasteiger partial charge on any atom is 0.387 e. The predicted molar refractivity (Wildman–Crippen MR) is 84.9 cm³/mol. The van der Waals surface area contributed by atoms with Crippen molar-refractivity contribution >= 4 is 23.3 Å². The number of ether oxygens (including phenoxy) is 2. The molecule has 0 atom stereocenters. The van der Waals surface area contributed by atoms with Crippen LogP contribution in [0.1, 0.15) is 5.56 Å². The molecule has 3 rings (SSSR count). The minimum Gasteiger partial charge on any atom is -0.435 e. The largest absolute Gasteiger partial charge is 0.435 e. The van der Waals surface area contributed by atoms with Gasteiger partial charge in [-0.25, -0.2) is 5.43 Å². The third-order valence-electron chi connectivity index (χ3n) is 3.08. The van der Waals surface area contributed by atoms with Crippen LogP contribution < -0.4 is 14.9 Å². The maximum absolute atomic E-state index is 12.5. The number of anilines is 1. The first-order valence-electron chi connectivity index (χ1n) is 7.19. The summed E-state index contributed by atoms with van der Waals surface area (Å²) in [5.74, 6) is -0.694. The van der Waals surface area contributed by atoms with Gasteiger partial charge in [0, 0.05) is 11.6 Å². The number of alkyl halides is 4. The zero-order valence-corrected chi connectivity index (χ0v) is 12.9. The first-order chi connectivity index (χ1) is 12.5. The molecule has 0 radical (unpaired) electrons. The van der Waals surface area contributed by atoms with Crippen LogP contribution in [0.2, 0.25) is 0 Å². The van der Waals surface area contributed by atoms with Crippen molar-refractivity contribution in [1.82, 2.24) is 4.98 Å². The van der Waals surface area contributed by atoms with Gasteiger partial charge in [0.2, 0.25) is 0 Å². The summed E-state index contributed by atoms with van der Waals surface area (Å²) < 4.78 is 63.3. The normalized spacial score (nSPS) is 11.6. The SMILES string of the molecule is FC(F)Oc1ccc(/C=N\Nc2nc3ccccc3o2)c(OC(F)F)c1. The van der Waals surface area contributed by atoms with E-state index in [9.17, 15) is 17.6 Å². The van der Waals surface area contributed by atoms with E-state index >= 15 is 0 Å². The van der Waals surface area contributed by atoms with E-state index < -0.39 is 13.2 Å². The molecule has 26 heavy (non-hydrogen) atoms. The van der Waals surface area contributed by atoms with Gasteiger partial charge in [0.15, 0.2) is 5.58 Å². The van der Waals surface area contributed by atoms with Crippen molar-refractivity contribution in [2.75, 3.05) is 5.43 Å². The number of hydrogen-bond donors (Lipinski definition) is 1. The fourth-order valence-electron chi connectivity index (χ4n) is 2.07. The Bertz CT molecular complexity index is 882. The fraction of sp³-hybridized carbons (Fsp3) is 0.125. The number of nitrogens with one attached hydrogen (secondary N) is 1. The van der Waals surface area contributed by atoms with Gasteiger partial charge >= 0.3 is 19.2 Å². The summed E-state index contributed by atoms with van der Waals surface area (Å²) >= 11 is 0. The Balaban J connectivity index is 1.77. The van der Waals surface area contributed by atoms with Crippen LogP contribution in [0.3, 0.4) is 0 Å². The Hall–Kier alpha value is -3.30. The van der Waals surface area contributed by atoms with Gasteiger partial charge in [-0.3, -0.25) is 0 Å². The third kappa shape index (κ3) is 4.41. The Labute approximate surface area is 144 Å². The summed E-state index contributed by atoms with van der Waals surface area (Å²) in [6.07, 6.45) is 1.15. The van der Waals surface area contributed by atoms with E-state index in [1.807, 2.05) is 0 Å². The van der Waals surface area contributed by atoms with E-state index in [1.54, 1.807) is 24.3 Å². The molecular formula is C16H11F4N3O3. The Kier molecular flexibility index (Phi) is 5.20. The molecule has 3 aromatic rings. The maximum atomic E-state index is 12.5. The molecule has 0 amide bonds. The first-order valence-corrected chi connectivity index (χ1v) is 7.19. The lowest BCUT2D eigenvalue weighted by molar-refractivity contribution is -0.0543. The highest BCUT2D eigenvalue weighted by Gasteiger charge is 2.12. The molecule has 0 saturated carbocycles. The van der Waals surface area contributed by atoms with Gasteiger partial charge < -0.3 is 13.9 Å². The number of halogens is 4. The van der Waals surface area contributed by atoms with Crippen LogP contribution in [0.5, 0.6) is 11.5 Å². The summed E-state index contributed by atoms with van der Waals surface area (Å²) in [7, 11) is 0. The van der Waals surface area contributed by atoms with Crippen molar-refractivity contribution in [2.24, 2.45) is 5.10 Å². The highest BCUT2D eigenvalue weighted by Crippen LogP contribution is 2.26. The second-order valence-corrected chi connectivity index (χ2v) is 4.81. The molecule has 1 heterocycles. The van der Waals surface area contributed by atoms with E-state index in [1.165, 1.54) is 12.1 Å². The molecule has 0 spiro atoms. The molecule has 6 nitrogen and oxygen atoms in total. The van der Waals surface area contributed by atoms with Gasteiger partial charge in [0.05, 0.1) is 6.21 Å². The molecule has 1 N–H and O–H groups in total. The van der Waals surface area contributed by atoms with Crippen LogP contribution in [-0.2, 0) is 0 Å². The highest BCUT2D eigenvalue weighted by molar-refractivity contribution is 5.84. The first kappa shape index (κ1) is 17.5. The van der Waals surface area contributed by atoms with E-state index in [0.29, 0.717) is 11.1 Å². The zero-order valence-electron chi connectivity index (χ0n) is 12.9. The average Bonchev–Trinajstić information content (AvgIpc) is 2.98. The van der Waals surface area contributed by atoms with Crippen LogP contribution in [0.4, 0.5) is 23.6 Å². The molecule has 2 aromatic carbocycles. The van der Waals surface area contributed by atoms with Crippen LogP contribution in [0.15, 0.2) is 52.0 Å². The predicted octanol–water partition coefficient (Wildman–Crippen LogP) is 4.48. The van der Waals surface area contributed by atoms with Gasteiger partial charge in [-0.1, -0.05) is 12.1 Å². The van der Waals surface area contributed by atoms with Gasteiger partial charge in [-0.2, -0.15) is 27.6 Å². The second kappa shape index (κ2) is 7.72. The molecule has 0 bridgehead atoms.